The number of aromatic nitrogens is 4. The van der Waals surface area contributed by atoms with Gasteiger partial charge in [0, 0.05) is 21.6 Å². The molecule has 160 valence electrons. The van der Waals surface area contributed by atoms with Crippen molar-refractivity contribution < 1.29 is 9.59 Å². The number of nitrogens with one attached hydrogen (secondary N) is 2. The van der Waals surface area contributed by atoms with Crippen molar-refractivity contribution in [3.63, 3.8) is 0 Å². The van der Waals surface area contributed by atoms with Crippen LogP contribution in [-0.2, 0) is 0 Å². The number of hydrogen-bond donors (Lipinski definition) is 2. The van der Waals surface area contributed by atoms with Crippen LogP contribution >= 0.6 is 46.7 Å². The summed E-state index contributed by atoms with van der Waals surface area (Å²) in [5, 5.41) is 1.04. The summed E-state index contributed by atoms with van der Waals surface area (Å²) in [5.41, 5.74) is 2.96. The predicted octanol–water partition coefficient (Wildman–Crippen LogP) is 6.36. The first-order valence-electron chi connectivity index (χ1n) is 9.64. The smallest absolute Gasteiger partial charge is 0.254 e. The second-order valence-electron chi connectivity index (χ2n) is 6.83. The summed E-state index contributed by atoms with van der Waals surface area (Å²) in [4.78, 5) is 39.2. The van der Waals surface area contributed by atoms with Gasteiger partial charge >= 0.3 is 0 Å². The highest BCUT2D eigenvalue weighted by Crippen LogP contribution is 2.22. The first kappa shape index (κ1) is 22.2. The molecule has 0 aliphatic rings. The fourth-order valence-corrected chi connectivity index (χ4v) is 4.88. The van der Waals surface area contributed by atoms with Crippen LogP contribution in [0.15, 0.2) is 36.4 Å². The van der Waals surface area contributed by atoms with E-state index in [9.17, 15) is 9.59 Å². The molecular weight excluding hydrogens is 475 g/mol. The van der Waals surface area contributed by atoms with Crippen LogP contribution in [-0.4, -0.2) is 41.7 Å². The zero-order valence-corrected chi connectivity index (χ0v) is 19.4. The molecule has 2 aromatic carbocycles. The molecule has 0 radical (unpaired) electrons. The Morgan fingerprint density at radius 2 is 1.19 bits per heavy atom. The minimum Gasteiger partial charge on any atom is -0.335 e. The summed E-state index contributed by atoms with van der Waals surface area (Å²) < 4.78 is 0. The topological polar surface area (TPSA) is 91.5 Å². The summed E-state index contributed by atoms with van der Waals surface area (Å²) in [6.45, 7) is 0. The number of imidazole rings is 2. The Hall–Kier alpha value is -2.00. The van der Waals surface area contributed by atoms with E-state index in [4.69, 9.17) is 23.2 Å². The average molecular weight is 493 g/mol. The van der Waals surface area contributed by atoms with Gasteiger partial charge in [0.1, 0.15) is 0 Å². The number of fused-ring (bicyclic) bond motifs is 2. The first-order chi connectivity index (χ1) is 15.0. The zero-order chi connectivity index (χ0) is 21.8. The van der Waals surface area contributed by atoms with Gasteiger partial charge in [0.25, 0.3) is 10.2 Å². The van der Waals surface area contributed by atoms with Gasteiger partial charge in [0.15, 0.2) is 11.6 Å². The van der Waals surface area contributed by atoms with Crippen molar-refractivity contribution in [2.75, 3.05) is 11.5 Å². The van der Waals surface area contributed by atoms with E-state index in [1.165, 1.54) is 23.5 Å². The molecule has 0 unspecified atom stereocenters. The zero-order valence-electron chi connectivity index (χ0n) is 16.3. The Morgan fingerprint density at radius 1 is 0.742 bits per heavy atom. The number of carbonyl (C=O) groups is 2. The van der Waals surface area contributed by atoms with Crippen molar-refractivity contribution >= 4 is 79.0 Å². The average Bonchev–Trinajstić information content (AvgIpc) is 3.36. The highest BCUT2D eigenvalue weighted by atomic mass is 35.5. The largest absolute Gasteiger partial charge is 0.335 e. The minimum atomic E-state index is -0.0816. The van der Waals surface area contributed by atoms with E-state index < -0.39 is 0 Å². The number of rotatable bonds is 8. The maximum absolute atomic E-state index is 12.3. The number of unbranched alkanes of at least 4 members (excludes halogenated alkanes) is 2. The van der Waals surface area contributed by atoms with Crippen LogP contribution in [0.5, 0.6) is 0 Å². The van der Waals surface area contributed by atoms with Crippen molar-refractivity contribution in [1.82, 2.24) is 19.9 Å². The number of nitrogens with zero attached hydrogens (tertiary/aromatic N) is 2. The third-order valence-corrected chi connectivity index (χ3v) is 6.90. The Kier molecular flexibility index (Phi) is 7.22. The number of benzene rings is 2. The van der Waals surface area contributed by atoms with Crippen molar-refractivity contribution in [1.29, 1.82) is 0 Å². The summed E-state index contributed by atoms with van der Waals surface area (Å²) in [6.07, 6.45) is 2.72. The first-order valence-corrected chi connectivity index (χ1v) is 12.4. The number of carbonyl (C=O) groups excluding carboxylic acids is 2. The summed E-state index contributed by atoms with van der Waals surface area (Å²) in [5.74, 6) is 2.10. The second-order valence-corrected chi connectivity index (χ2v) is 9.83. The number of H-pyrrole nitrogens is 2. The molecular formula is C21H18Cl2N4O2S2. The van der Waals surface area contributed by atoms with Crippen molar-refractivity contribution in [3.05, 3.63) is 58.1 Å². The normalized spacial score (nSPS) is 11.4. The minimum absolute atomic E-state index is 0.0816. The lowest BCUT2D eigenvalue weighted by molar-refractivity contribution is 0.107. The molecule has 4 aromatic rings. The van der Waals surface area contributed by atoms with Crippen LogP contribution in [0.4, 0.5) is 0 Å². The lowest BCUT2D eigenvalue weighted by Crippen LogP contribution is -1.99. The lowest BCUT2D eigenvalue weighted by Gasteiger charge is -2.00. The van der Waals surface area contributed by atoms with Crippen molar-refractivity contribution in [3.8, 4) is 0 Å². The standard InChI is InChI=1S/C21H18Cl2N4O2S2/c22-12-4-6-14-16(10-12)26-18(24-14)20(28)30-8-2-1-3-9-31-21(29)19-25-15-7-5-13(23)11-17(15)27-19/h4-7,10-11H,1-3,8-9H2,(H,24,26)(H,25,27). The molecule has 4 rings (SSSR count). The summed E-state index contributed by atoms with van der Waals surface area (Å²) in [7, 11) is 0. The molecule has 0 aliphatic carbocycles. The van der Waals surface area contributed by atoms with Crippen LogP contribution in [0.3, 0.4) is 0 Å². The molecule has 6 nitrogen and oxygen atoms in total. The number of hydrogen-bond acceptors (Lipinski definition) is 6. The molecule has 0 spiro atoms. The maximum atomic E-state index is 12.3. The van der Waals surface area contributed by atoms with Crippen LogP contribution in [0.25, 0.3) is 22.1 Å². The molecule has 10 heteroatoms. The molecule has 0 saturated heterocycles. The Morgan fingerprint density at radius 3 is 1.65 bits per heavy atom. The van der Waals surface area contributed by atoms with Gasteiger partial charge in [-0.15, -0.1) is 0 Å². The molecule has 0 fully saturated rings. The second kappa shape index (κ2) is 10.1. The van der Waals surface area contributed by atoms with Crippen LogP contribution in [0.1, 0.15) is 40.5 Å². The fraction of sp³-hybridized carbons (Fsp3) is 0.238. The van der Waals surface area contributed by atoms with E-state index in [1.54, 1.807) is 36.4 Å². The number of halogens is 2. The molecule has 2 heterocycles. The Bertz CT molecular complexity index is 1160. The van der Waals surface area contributed by atoms with E-state index in [2.05, 4.69) is 19.9 Å². The van der Waals surface area contributed by atoms with Gasteiger partial charge in [0.05, 0.1) is 22.1 Å². The van der Waals surface area contributed by atoms with Gasteiger partial charge in [-0.25, -0.2) is 9.97 Å². The molecule has 0 amide bonds. The van der Waals surface area contributed by atoms with Crippen molar-refractivity contribution in [2.45, 2.75) is 19.3 Å². The fourth-order valence-electron chi connectivity index (χ4n) is 3.00. The summed E-state index contributed by atoms with van der Waals surface area (Å²) in [6, 6.07) is 10.6. The molecule has 31 heavy (non-hydrogen) atoms. The molecule has 2 aromatic heterocycles. The van der Waals surface area contributed by atoms with Gasteiger partial charge in [-0.3, -0.25) is 9.59 Å². The number of aromatic amines is 2. The monoisotopic (exact) mass is 492 g/mol. The van der Waals surface area contributed by atoms with Gasteiger partial charge < -0.3 is 9.97 Å². The quantitative estimate of drug-likeness (QED) is 0.278. The van der Waals surface area contributed by atoms with Crippen LogP contribution in [0, 0.1) is 0 Å². The van der Waals surface area contributed by atoms with E-state index in [0.29, 0.717) is 33.2 Å². The van der Waals surface area contributed by atoms with E-state index in [1.807, 2.05) is 0 Å². The van der Waals surface area contributed by atoms with Crippen LogP contribution in [0.2, 0.25) is 10.0 Å². The highest BCUT2D eigenvalue weighted by molar-refractivity contribution is 8.14. The molecule has 0 saturated carbocycles. The molecule has 0 aliphatic heterocycles. The van der Waals surface area contributed by atoms with Gasteiger partial charge in [0.2, 0.25) is 0 Å². The third kappa shape index (κ3) is 5.63. The molecule has 0 bridgehead atoms. The van der Waals surface area contributed by atoms with E-state index in [-0.39, 0.29) is 10.2 Å². The third-order valence-electron chi connectivity index (χ3n) is 4.53. The SMILES string of the molecule is O=C(SCCCCCSC(=O)c1nc2ccc(Cl)cc2[nH]1)c1nc2ccc(Cl)cc2[nH]1. The molecule has 0 atom stereocenters. The Labute approximate surface area is 196 Å². The van der Waals surface area contributed by atoms with Gasteiger partial charge in [-0.2, -0.15) is 0 Å². The highest BCUT2D eigenvalue weighted by Gasteiger charge is 2.13. The lowest BCUT2D eigenvalue weighted by atomic mass is 10.3. The number of thioether (sulfide) groups is 2. The predicted molar refractivity (Wildman–Crippen MR) is 130 cm³/mol. The van der Waals surface area contributed by atoms with Gasteiger partial charge in [-0.1, -0.05) is 53.1 Å². The summed E-state index contributed by atoms with van der Waals surface area (Å²) >= 11 is 14.4. The van der Waals surface area contributed by atoms with Crippen molar-refractivity contribution in [2.24, 2.45) is 0 Å². The maximum Gasteiger partial charge on any atom is 0.254 e. The van der Waals surface area contributed by atoms with E-state index >= 15 is 0 Å². The molecule has 2 N–H and O–H groups in total. The van der Waals surface area contributed by atoms with Gasteiger partial charge in [-0.05, 0) is 49.2 Å². The Balaban J connectivity index is 1.15. The van der Waals surface area contributed by atoms with Crippen LogP contribution < -0.4 is 0 Å². The van der Waals surface area contributed by atoms with E-state index in [0.717, 1.165) is 41.3 Å².